The van der Waals surface area contributed by atoms with Gasteiger partial charge in [0.25, 0.3) is 0 Å². The van der Waals surface area contributed by atoms with Crippen molar-refractivity contribution >= 4 is 23.2 Å². The van der Waals surface area contributed by atoms with E-state index in [-0.39, 0.29) is 11.8 Å². The van der Waals surface area contributed by atoms with Crippen LogP contribution in [0.2, 0.25) is 5.02 Å². The van der Waals surface area contributed by atoms with E-state index in [2.05, 4.69) is 10.2 Å². The molecule has 1 saturated heterocycles. The number of methoxy groups -OCH3 is 1. The quantitative estimate of drug-likeness (QED) is 0.927. The Morgan fingerprint density at radius 1 is 1.53 bits per heavy atom. The molecule has 0 bridgehead atoms. The van der Waals surface area contributed by atoms with Gasteiger partial charge in [0, 0.05) is 12.2 Å². The molecule has 1 heterocycles. The highest BCUT2D eigenvalue weighted by Gasteiger charge is 2.23. The first-order valence-electron chi connectivity index (χ1n) is 6.43. The van der Waals surface area contributed by atoms with Crippen molar-refractivity contribution in [3.63, 3.8) is 0 Å². The van der Waals surface area contributed by atoms with E-state index < -0.39 is 0 Å². The summed E-state index contributed by atoms with van der Waals surface area (Å²) in [5.41, 5.74) is 0.712. The maximum atomic E-state index is 12.2. The molecule has 0 aromatic heterocycles. The van der Waals surface area contributed by atoms with E-state index in [1.807, 2.05) is 7.05 Å². The van der Waals surface area contributed by atoms with Crippen molar-refractivity contribution in [2.45, 2.75) is 12.8 Å². The van der Waals surface area contributed by atoms with Crippen LogP contribution in [0.1, 0.15) is 12.8 Å². The Bertz CT molecular complexity index is 465. The van der Waals surface area contributed by atoms with Gasteiger partial charge in [0.2, 0.25) is 5.91 Å². The largest absolute Gasteiger partial charge is 0.495 e. The van der Waals surface area contributed by atoms with Gasteiger partial charge in [-0.2, -0.15) is 0 Å². The maximum Gasteiger partial charge on any atom is 0.228 e. The minimum atomic E-state index is 0.0552. The number of hydrogen-bond donors (Lipinski definition) is 1. The van der Waals surface area contributed by atoms with E-state index >= 15 is 0 Å². The summed E-state index contributed by atoms with van der Waals surface area (Å²) in [4.78, 5) is 14.4. The lowest BCUT2D eigenvalue weighted by atomic mass is 9.97. The minimum Gasteiger partial charge on any atom is -0.495 e. The monoisotopic (exact) mass is 282 g/mol. The second kappa shape index (κ2) is 6.26. The molecule has 0 aliphatic carbocycles. The van der Waals surface area contributed by atoms with Gasteiger partial charge in [0.1, 0.15) is 5.75 Å². The summed E-state index contributed by atoms with van der Waals surface area (Å²) in [6.07, 6.45) is 2.01. The van der Waals surface area contributed by atoms with Gasteiger partial charge in [-0.15, -0.1) is 0 Å². The SMILES string of the molecule is COc1ccc(NC(=O)C2CCCN(C)C2)cc1Cl. The van der Waals surface area contributed by atoms with Gasteiger partial charge in [-0.05, 0) is 44.6 Å². The van der Waals surface area contributed by atoms with Crippen LogP contribution in [0.4, 0.5) is 5.69 Å². The molecular formula is C14H19ClN2O2. The summed E-state index contributed by atoms with van der Waals surface area (Å²) >= 11 is 6.04. The number of nitrogens with one attached hydrogen (secondary N) is 1. The minimum absolute atomic E-state index is 0.0552. The molecule has 5 heteroatoms. The summed E-state index contributed by atoms with van der Waals surface area (Å²) in [5.74, 6) is 0.726. The zero-order chi connectivity index (χ0) is 13.8. The third-order valence-electron chi connectivity index (χ3n) is 3.41. The summed E-state index contributed by atoms with van der Waals surface area (Å²) < 4.78 is 5.08. The lowest BCUT2D eigenvalue weighted by Gasteiger charge is -2.28. The molecule has 1 unspecified atom stereocenters. The highest BCUT2D eigenvalue weighted by atomic mass is 35.5. The van der Waals surface area contributed by atoms with E-state index in [4.69, 9.17) is 16.3 Å². The molecule has 1 amide bonds. The van der Waals surface area contributed by atoms with Gasteiger partial charge < -0.3 is 15.0 Å². The molecule has 1 N–H and O–H groups in total. The van der Waals surface area contributed by atoms with Crippen molar-refractivity contribution in [3.8, 4) is 5.75 Å². The Morgan fingerprint density at radius 3 is 2.95 bits per heavy atom. The summed E-state index contributed by atoms with van der Waals surface area (Å²) in [6.45, 7) is 1.88. The Labute approximate surface area is 118 Å². The standard InChI is InChI=1S/C14H19ClN2O2/c1-17-7-3-4-10(9-17)14(18)16-11-5-6-13(19-2)12(15)8-11/h5-6,8,10H,3-4,7,9H2,1-2H3,(H,16,18). The van der Waals surface area contributed by atoms with Crippen LogP contribution in [0.15, 0.2) is 18.2 Å². The van der Waals surface area contributed by atoms with Crippen LogP contribution in [-0.4, -0.2) is 38.1 Å². The zero-order valence-corrected chi connectivity index (χ0v) is 12.0. The Kier molecular flexibility index (Phi) is 4.66. The van der Waals surface area contributed by atoms with Gasteiger partial charge in [-0.3, -0.25) is 4.79 Å². The normalized spacial score (nSPS) is 20.1. The van der Waals surface area contributed by atoms with E-state index in [1.165, 1.54) is 0 Å². The van der Waals surface area contributed by atoms with Crippen LogP contribution in [0.25, 0.3) is 0 Å². The third-order valence-corrected chi connectivity index (χ3v) is 3.71. The van der Waals surface area contributed by atoms with Crippen LogP contribution >= 0.6 is 11.6 Å². The first-order chi connectivity index (χ1) is 9.10. The van der Waals surface area contributed by atoms with Crippen LogP contribution in [-0.2, 0) is 4.79 Å². The fraction of sp³-hybridized carbons (Fsp3) is 0.500. The lowest BCUT2D eigenvalue weighted by molar-refractivity contribution is -0.121. The molecule has 1 fully saturated rings. The number of carbonyl (C=O) groups excluding carboxylic acids is 1. The fourth-order valence-electron chi connectivity index (χ4n) is 2.37. The van der Waals surface area contributed by atoms with Crippen molar-refractivity contribution in [1.82, 2.24) is 4.90 Å². The molecule has 1 aliphatic heterocycles. The zero-order valence-electron chi connectivity index (χ0n) is 11.3. The number of rotatable bonds is 3. The number of nitrogens with zero attached hydrogens (tertiary/aromatic N) is 1. The molecule has 0 saturated carbocycles. The molecule has 4 nitrogen and oxygen atoms in total. The van der Waals surface area contributed by atoms with Gasteiger partial charge in [0.05, 0.1) is 18.1 Å². The third kappa shape index (κ3) is 3.61. The molecule has 0 spiro atoms. The molecule has 1 aromatic rings. The fourth-order valence-corrected chi connectivity index (χ4v) is 2.63. The second-order valence-electron chi connectivity index (χ2n) is 4.94. The van der Waals surface area contributed by atoms with Crippen LogP contribution in [0.5, 0.6) is 5.75 Å². The molecule has 19 heavy (non-hydrogen) atoms. The van der Waals surface area contributed by atoms with Gasteiger partial charge in [0.15, 0.2) is 0 Å². The smallest absolute Gasteiger partial charge is 0.228 e. The van der Waals surface area contributed by atoms with Crippen molar-refractivity contribution in [2.75, 3.05) is 32.6 Å². The van der Waals surface area contributed by atoms with Crippen LogP contribution in [0.3, 0.4) is 0 Å². The number of ether oxygens (including phenoxy) is 1. The number of hydrogen-bond acceptors (Lipinski definition) is 3. The van der Waals surface area contributed by atoms with Gasteiger partial charge >= 0.3 is 0 Å². The van der Waals surface area contributed by atoms with Crippen molar-refractivity contribution < 1.29 is 9.53 Å². The summed E-state index contributed by atoms with van der Waals surface area (Å²) in [6, 6.07) is 5.27. The second-order valence-corrected chi connectivity index (χ2v) is 5.35. The van der Waals surface area contributed by atoms with E-state index in [1.54, 1.807) is 25.3 Å². The number of halogens is 1. The first-order valence-corrected chi connectivity index (χ1v) is 6.81. The number of benzene rings is 1. The van der Waals surface area contributed by atoms with E-state index in [0.29, 0.717) is 16.5 Å². The first kappa shape index (κ1) is 14.2. The number of likely N-dealkylation sites (tertiary alicyclic amines) is 1. The maximum absolute atomic E-state index is 12.2. The number of amides is 1. The van der Waals surface area contributed by atoms with Crippen molar-refractivity contribution in [1.29, 1.82) is 0 Å². The molecular weight excluding hydrogens is 264 g/mol. The molecule has 2 rings (SSSR count). The highest BCUT2D eigenvalue weighted by molar-refractivity contribution is 6.32. The topological polar surface area (TPSA) is 41.6 Å². The molecule has 1 aromatic carbocycles. The Hall–Kier alpha value is -1.26. The van der Waals surface area contributed by atoms with Gasteiger partial charge in [-0.25, -0.2) is 0 Å². The highest BCUT2D eigenvalue weighted by Crippen LogP contribution is 2.27. The summed E-state index contributed by atoms with van der Waals surface area (Å²) in [5, 5.41) is 3.42. The molecule has 1 atom stereocenters. The van der Waals surface area contributed by atoms with Crippen molar-refractivity contribution in [2.24, 2.45) is 5.92 Å². The molecule has 104 valence electrons. The molecule has 1 aliphatic rings. The number of piperidine rings is 1. The van der Waals surface area contributed by atoms with Crippen LogP contribution < -0.4 is 10.1 Å². The predicted octanol–water partition coefficient (Wildman–Crippen LogP) is 2.63. The number of carbonyl (C=O) groups is 1. The Morgan fingerprint density at radius 2 is 2.32 bits per heavy atom. The van der Waals surface area contributed by atoms with E-state index in [9.17, 15) is 4.79 Å². The average Bonchev–Trinajstić information content (AvgIpc) is 2.39. The summed E-state index contributed by atoms with van der Waals surface area (Å²) in [7, 11) is 3.61. The molecule has 0 radical (unpaired) electrons. The van der Waals surface area contributed by atoms with Crippen molar-refractivity contribution in [3.05, 3.63) is 23.2 Å². The lowest BCUT2D eigenvalue weighted by Crippen LogP contribution is -2.38. The number of anilines is 1. The Balaban J connectivity index is 2.00. The van der Waals surface area contributed by atoms with Crippen LogP contribution in [0, 0.1) is 5.92 Å². The predicted molar refractivity (Wildman–Crippen MR) is 76.9 cm³/mol. The van der Waals surface area contributed by atoms with E-state index in [0.717, 1.165) is 25.9 Å². The van der Waals surface area contributed by atoms with Gasteiger partial charge in [-0.1, -0.05) is 11.6 Å². The average molecular weight is 283 g/mol.